The minimum Gasteiger partial charge on any atom is -0.396 e. The second-order valence-corrected chi connectivity index (χ2v) is 4.36. The van der Waals surface area contributed by atoms with Crippen molar-refractivity contribution in [3.63, 3.8) is 0 Å². The Morgan fingerprint density at radius 2 is 2.25 bits per heavy atom. The predicted molar refractivity (Wildman–Crippen MR) is 62.5 cm³/mol. The number of rotatable bonds is 3. The Labute approximate surface area is 99.6 Å². The van der Waals surface area contributed by atoms with Gasteiger partial charge in [0, 0.05) is 37.1 Å². The van der Waals surface area contributed by atoms with E-state index in [-0.39, 0.29) is 18.4 Å². The van der Waals surface area contributed by atoms with Crippen molar-refractivity contribution in [3.8, 4) is 0 Å². The highest BCUT2D eigenvalue weighted by atomic mass is 35.5. The number of halogens is 1. The summed E-state index contributed by atoms with van der Waals surface area (Å²) in [6.07, 6.45) is 0. The fraction of sp³-hybridized carbons (Fsp3) is 0.417. The Hall–Kier alpha value is -1.06. The van der Waals surface area contributed by atoms with E-state index in [1.54, 1.807) is 11.0 Å². The first-order valence-corrected chi connectivity index (χ1v) is 5.83. The number of likely N-dealkylation sites (tertiary alicyclic amines) is 1. The average molecular weight is 240 g/mol. The summed E-state index contributed by atoms with van der Waals surface area (Å²) >= 11 is 5.72. The van der Waals surface area contributed by atoms with Crippen molar-refractivity contribution < 1.29 is 9.90 Å². The van der Waals surface area contributed by atoms with Gasteiger partial charge < -0.3 is 10.0 Å². The summed E-state index contributed by atoms with van der Waals surface area (Å²) in [5, 5.41) is 8.88. The summed E-state index contributed by atoms with van der Waals surface area (Å²) in [6, 6.07) is 7.36. The van der Waals surface area contributed by atoms with Crippen LogP contribution in [0.2, 0.25) is 0 Å². The molecule has 0 atom stereocenters. The molecule has 0 saturated carbocycles. The summed E-state index contributed by atoms with van der Waals surface area (Å²) in [5.74, 6) is 0.692. The first-order valence-electron chi connectivity index (χ1n) is 5.29. The lowest BCUT2D eigenvalue weighted by Crippen LogP contribution is -2.51. The maximum atomic E-state index is 12.0. The minimum atomic E-state index is 0.0247. The number of amides is 1. The van der Waals surface area contributed by atoms with Crippen molar-refractivity contribution in [2.45, 2.75) is 5.88 Å². The monoisotopic (exact) mass is 239 g/mol. The topological polar surface area (TPSA) is 40.5 Å². The highest BCUT2D eigenvalue weighted by Gasteiger charge is 2.30. The first kappa shape index (κ1) is 11.4. The summed E-state index contributed by atoms with van der Waals surface area (Å²) in [4.78, 5) is 13.7. The number of aliphatic hydroxyl groups excluding tert-OH is 1. The molecule has 1 fully saturated rings. The zero-order chi connectivity index (χ0) is 11.5. The van der Waals surface area contributed by atoms with Crippen molar-refractivity contribution in [1.82, 2.24) is 4.90 Å². The molecule has 1 aromatic carbocycles. The molecule has 0 unspecified atom stereocenters. The summed E-state index contributed by atoms with van der Waals surface area (Å²) < 4.78 is 0. The van der Waals surface area contributed by atoms with Crippen molar-refractivity contribution >= 4 is 17.5 Å². The van der Waals surface area contributed by atoms with Crippen LogP contribution in [0.15, 0.2) is 24.3 Å². The van der Waals surface area contributed by atoms with Gasteiger partial charge in [-0.15, -0.1) is 11.6 Å². The molecule has 0 bridgehead atoms. The Morgan fingerprint density at radius 1 is 1.50 bits per heavy atom. The third-order valence-electron chi connectivity index (χ3n) is 2.83. The normalized spacial score (nSPS) is 16.0. The first-order chi connectivity index (χ1) is 7.74. The van der Waals surface area contributed by atoms with Crippen LogP contribution in [0.5, 0.6) is 0 Å². The van der Waals surface area contributed by atoms with Gasteiger partial charge in [0.1, 0.15) is 0 Å². The molecule has 0 aliphatic carbocycles. The molecule has 2 rings (SSSR count). The largest absolute Gasteiger partial charge is 0.396 e. The molecule has 1 aromatic rings. The van der Waals surface area contributed by atoms with Gasteiger partial charge in [-0.2, -0.15) is 0 Å². The quantitative estimate of drug-likeness (QED) is 0.812. The number of benzene rings is 1. The van der Waals surface area contributed by atoms with Crippen molar-refractivity contribution in [2.75, 3.05) is 19.7 Å². The van der Waals surface area contributed by atoms with Gasteiger partial charge in [0.05, 0.1) is 0 Å². The van der Waals surface area contributed by atoms with Gasteiger partial charge in [0.15, 0.2) is 0 Å². The lowest BCUT2D eigenvalue weighted by molar-refractivity contribution is 0.0362. The van der Waals surface area contributed by atoms with E-state index in [1.165, 1.54) is 0 Å². The van der Waals surface area contributed by atoms with Crippen LogP contribution in [-0.2, 0) is 5.88 Å². The van der Waals surface area contributed by atoms with Crippen LogP contribution in [0.3, 0.4) is 0 Å². The Bertz CT molecular complexity index is 388. The molecule has 0 radical (unpaired) electrons. The van der Waals surface area contributed by atoms with Crippen molar-refractivity contribution in [1.29, 1.82) is 0 Å². The van der Waals surface area contributed by atoms with Crippen LogP contribution >= 0.6 is 11.6 Å². The van der Waals surface area contributed by atoms with E-state index in [9.17, 15) is 4.79 Å². The zero-order valence-corrected chi connectivity index (χ0v) is 9.65. The number of nitrogens with zero attached hydrogens (tertiary/aromatic N) is 1. The van der Waals surface area contributed by atoms with Gasteiger partial charge in [0.2, 0.25) is 0 Å². The van der Waals surface area contributed by atoms with Gasteiger partial charge in [-0.25, -0.2) is 0 Å². The van der Waals surface area contributed by atoms with Crippen molar-refractivity contribution in [2.24, 2.45) is 5.92 Å². The fourth-order valence-corrected chi connectivity index (χ4v) is 1.99. The van der Waals surface area contributed by atoms with E-state index in [0.29, 0.717) is 24.5 Å². The van der Waals surface area contributed by atoms with Crippen LogP contribution in [0, 0.1) is 5.92 Å². The molecule has 4 heteroatoms. The maximum Gasteiger partial charge on any atom is 0.253 e. The second-order valence-electron chi connectivity index (χ2n) is 4.09. The lowest BCUT2D eigenvalue weighted by atomic mass is 9.99. The molecule has 1 aliphatic rings. The molecule has 86 valence electrons. The van der Waals surface area contributed by atoms with Crippen LogP contribution in [0.1, 0.15) is 15.9 Å². The zero-order valence-electron chi connectivity index (χ0n) is 8.90. The molecule has 16 heavy (non-hydrogen) atoms. The van der Waals surface area contributed by atoms with E-state index in [4.69, 9.17) is 16.7 Å². The number of carbonyl (C=O) groups excluding carboxylic acids is 1. The molecule has 3 nitrogen and oxygen atoms in total. The third kappa shape index (κ3) is 2.20. The van der Waals surface area contributed by atoms with Gasteiger partial charge in [-0.05, 0) is 17.7 Å². The van der Waals surface area contributed by atoms with Gasteiger partial charge in [0.25, 0.3) is 5.91 Å². The predicted octanol–water partition coefficient (Wildman–Crippen LogP) is 1.49. The summed E-state index contributed by atoms with van der Waals surface area (Å²) in [7, 11) is 0. The van der Waals surface area contributed by atoms with Crippen LogP contribution in [0.4, 0.5) is 0 Å². The van der Waals surface area contributed by atoms with Gasteiger partial charge in [-0.3, -0.25) is 4.79 Å². The van der Waals surface area contributed by atoms with E-state index in [2.05, 4.69) is 0 Å². The minimum absolute atomic E-state index is 0.0247. The van der Waals surface area contributed by atoms with E-state index in [1.807, 2.05) is 18.2 Å². The Kier molecular flexibility index (Phi) is 3.46. The van der Waals surface area contributed by atoms with Crippen molar-refractivity contribution in [3.05, 3.63) is 35.4 Å². The third-order valence-corrected chi connectivity index (χ3v) is 3.14. The lowest BCUT2D eigenvalue weighted by Gasteiger charge is -2.38. The number of alkyl halides is 1. The SMILES string of the molecule is O=C(c1cccc(CCl)c1)N1CC(CO)C1. The fourth-order valence-electron chi connectivity index (χ4n) is 1.82. The highest BCUT2D eigenvalue weighted by molar-refractivity contribution is 6.17. The number of aliphatic hydroxyl groups is 1. The molecule has 1 aliphatic heterocycles. The Morgan fingerprint density at radius 3 is 2.88 bits per heavy atom. The second kappa shape index (κ2) is 4.85. The average Bonchev–Trinajstić information content (AvgIpc) is 2.27. The standard InChI is InChI=1S/C12H14ClNO2/c13-5-9-2-1-3-11(4-9)12(16)14-6-10(7-14)8-15/h1-4,10,15H,5-8H2. The number of hydrogen-bond acceptors (Lipinski definition) is 2. The molecular weight excluding hydrogens is 226 g/mol. The molecule has 1 heterocycles. The Balaban J connectivity index is 2.04. The maximum absolute atomic E-state index is 12.0. The van der Waals surface area contributed by atoms with Crippen LogP contribution in [-0.4, -0.2) is 35.6 Å². The molecule has 1 N–H and O–H groups in total. The molecule has 1 amide bonds. The summed E-state index contributed by atoms with van der Waals surface area (Å²) in [5.41, 5.74) is 1.63. The smallest absolute Gasteiger partial charge is 0.253 e. The molecular formula is C12H14ClNO2. The van der Waals surface area contributed by atoms with Crippen LogP contribution in [0.25, 0.3) is 0 Å². The molecule has 0 aromatic heterocycles. The van der Waals surface area contributed by atoms with Gasteiger partial charge in [-0.1, -0.05) is 12.1 Å². The molecule has 0 spiro atoms. The highest BCUT2D eigenvalue weighted by Crippen LogP contribution is 2.19. The molecule has 1 saturated heterocycles. The van der Waals surface area contributed by atoms with Gasteiger partial charge >= 0.3 is 0 Å². The summed E-state index contributed by atoms with van der Waals surface area (Å²) in [6.45, 7) is 1.46. The number of hydrogen-bond donors (Lipinski definition) is 1. The van der Waals surface area contributed by atoms with E-state index in [0.717, 1.165) is 5.56 Å². The number of carbonyl (C=O) groups is 1. The van der Waals surface area contributed by atoms with E-state index >= 15 is 0 Å². The van der Waals surface area contributed by atoms with E-state index < -0.39 is 0 Å². The van der Waals surface area contributed by atoms with Crippen LogP contribution < -0.4 is 0 Å².